The van der Waals surface area contributed by atoms with Gasteiger partial charge in [0.1, 0.15) is 5.60 Å². The first-order valence-corrected chi connectivity index (χ1v) is 14.8. The molecule has 7 nitrogen and oxygen atoms in total. The van der Waals surface area contributed by atoms with Crippen molar-refractivity contribution in [2.45, 2.75) is 52.2 Å². The smallest absolute Gasteiger partial charge is 0.407 e. The van der Waals surface area contributed by atoms with Gasteiger partial charge in [-0.05, 0) is 57.3 Å². The summed E-state index contributed by atoms with van der Waals surface area (Å²) < 4.78 is 5.26. The Morgan fingerprint density at radius 2 is 1.82 bits per heavy atom. The molecule has 2 N–H and O–H groups in total. The van der Waals surface area contributed by atoms with Crippen molar-refractivity contribution < 1.29 is 19.1 Å². The van der Waals surface area contributed by atoms with Gasteiger partial charge in [-0.2, -0.15) is 11.8 Å². The summed E-state index contributed by atoms with van der Waals surface area (Å²) in [7, 11) is 0. The van der Waals surface area contributed by atoms with Crippen molar-refractivity contribution in [2.24, 2.45) is 5.92 Å². The average Bonchev–Trinajstić information content (AvgIpc) is 3.35. The summed E-state index contributed by atoms with van der Waals surface area (Å²) in [5.74, 6) is 0.376. The van der Waals surface area contributed by atoms with Gasteiger partial charge in [0.2, 0.25) is 5.91 Å². The van der Waals surface area contributed by atoms with Crippen molar-refractivity contribution in [2.75, 3.05) is 17.3 Å². The minimum atomic E-state index is -0.579. The molecule has 38 heavy (non-hydrogen) atoms. The highest BCUT2D eigenvalue weighted by Crippen LogP contribution is 2.26. The van der Waals surface area contributed by atoms with Gasteiger partial charge in [-0.25, -0.2) is 9.78 Å². The third-order valence-electron chi connectivity index (χ3n) is 5.65. The van der Waals surface area contributed by atoms with Gasteiger partial charge in [0.05, 0.1) is 5.69 Å². The van der Waals surface area contributed by atoms with E-state index in [0.29, 0.717) is 23.5 Å². The molecule has 1 atom stereocenters. The minimum absolute atomic E-state index is 0.0355. The maximum atomic E-state index is 13.1. The van der Waals surface area contributed by atoms with E-state index in [0.717, 1.165) is 22.6 Å². The van der Waals surface area contributed by atoms with E-state index in [-0.39, 0.29) is 30.6 Å². The number of carbonyl (C=O) groups excluding carboxylic acids is 3. The summed E-state index contributed by atoms with van der Waals surface area (Å²) in [5, 5.41) is 8.15. The molecule has 0 radical (unpaired) electrons. The third kappa shape index (κ3) is 9.61. The second-order valence-electron chi connectivity index (χ2n) is 9.89. The highest BCUT2D eigenvalue weighted by molar-refractivity contribution is 7.98. The van der Waals surface area contributed by atoms with Crippen molar-refractivity contribution in [3.63, 3.8) is 0 Å². The number of ketones is 1. The van der Waals surface area contributed by atoms with E-state index < -0.39 is 11.7 Å². The molecule has 0 saturated heterocycles. The molecule has 3 aromatic rings. The molecule has 202 valence electrons. The molecule has 0 fully saturated rings. The van der Waals surface area contributed by atoms with Crippen LogP contribution in [-0.2, 0) is 16.1 Å². The van der Waals surface area contributed by atoms with Crippen molar-refractivity contribution in [3.8, 4) is 11.3 Å². The lowest BCUT2D eigenvalue weighted by Crippen LogP contribution is -2.32. The number of ether oxygens (including phenoxy) is 1. The number of anilines is 1. The van der Waals surface area contributed by atoms with E-state index in [4.69, 9.17) is 4.74 Å². The maximum absolute atomic E-state index is 13.1. The summed E-state index contributed by atoms with van der Waals surface area (Å²) in [4.78, 5) is 42.6. The molecular weight excluding hydrogens is 518 g/mol. The first-order chi connectivity index (χ1) is 18.1. The number of rotatable bonds is 12. The normalized spacial score (nSPS) is 12.0. The number of benzene rings is 2. The number of aromatic nitrogens is 1. The van der Waals surface area contributed by atoms with Crippen molar-refractivity contribution in [3.05, 3.63) is 71.1 Å². The van der Waals surface area contributed by atoms with E-state index in [9.17, 15) is 14.4 Å². The average molecular weight is 554 g/mol. The Kier molecular flexibility index (Phi) is 10.9. The first-order valence-electron chi connectivity index (χ1n) is 12.5. The molecule has 0 aliphatic rings. The molecule has 0 bridgehead atoms. The van der Waals surface area contributed by atoms with Crippen molar-refractivity contribution >= 4 is 46.0 Å². The summed E-state index contributed by atoms with van der Waals surface area (Å²) in [5.41, 5.74) is 2.60. The van der Waals surface area contributed by atoms with E-state index in [1.807, 2.05) is 48.0 Å². The number of nitrogens with zero attached hydrogens (tertiary/aromatic N) is 1. The van der Waals surface area contributed by atoms with Crippen molar-refractivity contribution in [1.82, 2.24) is 10.3 Å². The highest BCUT2D eigenvalue weighted by atomic mass is 32.2. The minimum Gasteiger partial charge on any atom is -0.444 e. The number of hydrogen-bond acceptors (Lipinski definition) is 7. The van der Waals surface area contributed by atoms with E-state index >= 15 is 0 Å². The van der Waals surface area contributed by atoms with Gasteiger partial charge >= 0.3 is 6.09 Å². The number of nitrogens with one attached hydrogen (secondary N) is 2. The van der Waals surface area contributed by atoms with Gasteiger partial charge in [-0.15, -0.1) is 11.3 Å². The van der Waals surface area contributed by atoms with Gasteiger partial charge in [0, 0.05) is 35.4 Å². The lowest BCUT2D eigenvalue weighted by molar-refractivity contribution is -0.120. The molecule has 2 aromatic carbocycles. The fraction of sp³-hybridized carbons (Fsp3) is 0.379. The molecule has 0 spiro atoms. The number of amides is 2. The summed E-state index contributed by atoms with van der Waals surface area (Å²) in [6.45, 7) is 5.67. The predicted octanol–water partition coefficient (Wildman–Crippen LogP) is 6.81. The van der Waals surface area contributed by atoms with E-state index in [1.54, 1.807) is 50.7 Å². The van der Waals surface area contributed by atoms with Crippen LogP contribution >= 0.6 is 23.1 Å². The van der Waals surface area contributed by atoms with E-state index in [1.165, 1.54) is 11.3 Å². The number of Topliss-reactive ketones (excluding diaryl/α,β-unsaturated/α-hetero) is 1. The molecule has 0 unspecified atom stereocenters. The van der Waals surface area contributed by atoms with Crippen LogP contribution in [0.3, 0.4) is 0 Å². The lowest BCUT2D eigenvalue weighted by atomic mass is 9.95. The molecule has 9 heteroatoms. The molecule has 0 saturated carbocycles. The second kappa shape index (κ2) is 14.1. The Hall–Kier alpha value is -3.17. The molecular formula is C29H35N3O4S2. The van der Waals surface area contributed by atoms with Crippen LogP contribution in [0.25, 0.3) is 11.3 Å². The number of hydrogen-bond donors (Lipinski definition) is 2. The van der Waals surface area contributed by atoms with Crippen LogP contribution in [0, 0.1) is 5.92 Å². The Morgan fingerprint density at radius 1 is 1.05 bits per heavy atom. The summed E-state index contributed by atoms with van der Waals surface area (Å²) >= 11 is 3.07. The van der Waals surface area contributed by atoms with Crippen LogP contribution in [0.1, 0.15) is 56.0 Å². The highest BCUT2D eigenvalue weighted by Gasteiger charge is 2.21. The van der Waals surface area contributed by atoms with Gasteiger partial charge in [-0.3, -0.25) is 9.59 Å². The zero-order valence-corrected chi connectivity index (χ0v) is 23.9. The first kappa shape index (κ1) is 29.4. The molecule has 0 aliphatic heterocycles. The van der Waals surface area contributed by atoms with Crippen LogP contribution < -0.4 is 10.6 Å². The SMILES string of the molecule is CSCC[C@H](CCC(=O)c1cccc(CNC(=O)OC(C)(C)C)c1)C(=O)Nc1nc(-c2ccccc2)cs1. The summed E-state index contributed by atoms with van der Waals surface area (Å²) in [6, 6.07) is 17.0. The van der Waals surface area contributed by atoms with Gasteiger partial charge in [0.25, 0.3) is 0 Å². The Bertz CT molecular complexity index is 1220. The lowest BCUT2D eigenvalue weighted by Gasteiger charge is -2.19. The predicted molar refractivity (Wildman–Crippen MR) is 156 cm³/mol. The number of alkyl carbamates (subject to hydrolysis) is 1. The zero-order valence-electron chi connectivity index (χ0n) is 22.3. The molecule has 1 aromatic heterocycles. The topological polar surface area (TPSA) is 97.4 Å². The Morgan fingerprint density at radius 3 is 2.53 bits per heavy atom. The standard InChI is InChI=1S/C29H35N3O4S2/c1-29(2,3)36-28(35)30-18-20-9-8-12-23(17-20)25(33)14-13-22(15-16-37-4)26(34)32-27-31-24(19-38-27)21-10-6-5-7-11-21/h5-12,17,19,22H,13-16,18H2,1-4H3,(H,30,35)(H,31,32,34)/t22-/m0/s1. The van der Waals surface area contributed by atoms with Gasteiger partial charge in [0.15, 0.2) is 10.9 Å². The van der Waals surface area contributed by atoms with Crippen LogP contribution in [0.15, 0.2) is 60.0 Å². The van der Waals surface area contributed by atoms with Crippen LogP contribution in [-0.4, -0.2) is 40.4 Å². The largest absolute Gasteiger partial charge is 0.444 e. The third-order valence-corrected chi connectivity index (χ3v) is 7.05. The Labute approximate surface area is 232 Å². The maximum Gasteiger partial charge on any atom is 0.407 e. The van der Waals surface area contributed by atoms with Crippen LogP contribution in [0.2, 0.25) is 0 Å². The number of thiazole rings is 1. The molecule has 3 rings (SSSR count). The van der Waals surface area contributed by atoms with Crippen LogP contribution in [0.5, 0.6) is 0 Å². The van der Waals surface area contributed by atoms with Crippen molar-refractivity contribution in [1.29, 1.82) is 0 Å². The quantitative estimate of drug-likeness (QED) is 0.239. The molecule has 0 aliphatic carbocycles. The van der Waals surface area contributed by atoms with Crippen LogP contribution in [0.4, 0.5) is 9.93 Å². The summed E-state index contributed by atoms with van der Waals surface area (Å²) in [6.07, 6.45) is 2.87. The number of carbonyl (C=O) groups is 3. The number of thioether (sulfide) groups is 1. The zero-order chi connectivity index (χ0) is 27.5. The molecule has 1 heterocycles. The fourth-order valence-corrected chi connectivity index (χ4v) is 4.98. The monoisotopic (exact) mass is 553 g/mol. The van der Waals surface area contributed by atoms with Gasteiger partial charge < -0.3 is 15.4 Å². The van der Waals surface area contributed by atoms with Gasteiger partial charge in [-0.1, -0.05) is 48.5 Å². The second-order valence-corrected chi connectivity index (χ2v) is 11.7. The fourth-order valence-electron chi connectivity index (χ4n) is 3.74. The van der Waals surface area contributed by atoms with E-state index in [2.05, 4.69) is 15.6 Å². The molecule has 2 amide bonds. The Balaban J connectivity index is 1.57.